The van der Waals surface area contributed by atoms with Gasteiger partial charge in [0, 0.05) is 44.8 Å². The number of piperidine rings is 1. The van der Waals surface area contributed by atoms with Crippen LogP contribution in [0, 0.1) is 11.8 Å². The molecule has 2 N–H and O–H groups in total. The van der Waals surface area contributed by atoms with Crippen molar-refractivity contribution >= 4 is 5.91 Å². The third-order valence-electron chi connectivity index (χ3n) is 6.33. The molecule has 0 spiro atoms. The Labute approximate surface area is 160 Å². The van der Waals surface area contributed by atoms with Crippen molar-refractivity contribution in [2.75, 3.05) is 20.2 Å². The Bertz CT molecular complexity index is 794. The largest absolute Gasteiger partial charge is 0.373 e. The van der Waals surface area contributed by atoms with Gasteiger partial charge in [0.15, 0.2) is 0 Å². The van der Waals surface area contributed by atoms with Gasteiger partial charge in [-0.3, -0.25) is 14.7 Å². The van der Waals surface area contributed by atoms with E-state index in [0.717, 1.165) is 38.0 Å². The molecule has 4 rings (SSSR count). The number of hydrogen-bond acceptors (Lipinski definition) is 4. The summed E-state index contributed by atoms with van der Waals surface area (Å²) in [6.07, 6.45) is 5.17. The highest BCUT2D eigenvalue weighted by Gasteiger charge is 2.53. The van der Waals surface area contributed by atoms with Crippen molar-refractivity contribution in [3.05, 3.63) is 65.5 Å². The molecule has 1 aromatic carbocycles. The van der Waals surface area contributed by atoms with E-state index in [-0.39, 0.29) is 5.60 Å². The summed E-state index contributed by atoms with van der Waals surface area (Å²) in [5, 5.41) is 0. The summed E-state index contributed by atoms with van der Waals surface area (Å²) in [6.45, 7) is 2.96. The predicted molar refractivity (Wildman–Crippen MR) is 104 cm³/mol. The third kappa shape index (κ3) is 3.26. The van der Waals surface area contributed by atoms with Crippen molar-refractivity contribution in [2.24, 2.45) is 17.6 Å². The molecule has 142 valence electrons. The van der Waals surface area contributed by atoms with Crippen molar-refractivity contribution in [3.8, 4) is 0 Å². The molecule has 3 atom stereocenters. The van der Waals surface area contributed by atoms with Crippen LogP contribution in [0.1, 0.15) is 40.9 Å². The number of primary amides is 1. The van der Waals surface area contributed by atoms with Crippen LogP contribution >= 0.6 is 0 Å². The lowest BCUT2D eigenvalue weighted by Gasteiger charge is -2.55. The fourth-order valence-corrected chi connectivity index (χ4v) is 5.23. The number of nitrogens with two attached hydrogens (primary N) is 1. The van der Waals surface area contributed by atoms with Crippen molar-refractivity contribution in [1.29, 1.82) is 0 Å². The van der Waals surface area contributed by atoms with Gasteiger partial charge in [-0.15, -0.1) is 0 Å². The first-order valence-electron chi connectivity index (χ1n) is 9.71. The molecule has 2 aliphatic rings. The number of carbonyl (C=O) groups is 1. The lowest BCUT2D eigenvalue weighted by Crippen LogP contribution is -2.58. The van der Waals surface area contributed by atoms with Gasteiger partial charge in [-0.1, -0.05) is 36.8 Å². The molecule has 1 saturated carbocycles. The minimum atomic E-state index is -0.491. The number of carbonyl (C=O) groups excluding carboxylic acids is 1. The Balaban J connectivity index is 1.64. The van der Waals surface area contributed by atoms with E-state index in [1.807, 2.05) is 19.2 Å². The van der Waals surface area contributed by atoms with Crippen molar-refractivity contribution in [3.63, 3.8) is 0 Å². The lowest BCUT2D eigenvalue weighted by molar-refractivity contribution is -0.170. The number of nitrogens with zero attached hydrogens (tertiary/aromatic N) is 2. The third-order valence-corrected chi connectivity index (χ3v) is 6.33. The number of aromatic nitrogens is 1. The topological polar surface area (TPSA) is 68.5 Å². The predicted octanol–water partition coefficient (Wildman–Crippen LogP) is 2.95. The van der Waals surface area contributed by atoms with E-state index in [4.69, 9.17) is 10.5 Å². The van der Waals surface area contributed by atoms with Crippen LogP contribution in [0.5, 0.6) is 0 Å². The molecule has 1 aromatic heterocycles. The van der Waals surface area contributed by atoms with E-state index in [2.05, 4.69) is 40.2 Å². The number of ether oxygens (including phenoxy) is 1. The van der Waals surface area contributed by atoms with Gasteiger partial charge in [-0.2, -0.15) is 0 Å². The number of benzene rings is 1. The van der Waals surface area contributed by atoms with Crippen LogP contribution in [-0.2, 0) is 16.9 Å². The van der Waals surface area contributed by atoms with Gasteiger partial charge < -0.3 is 10.5 Å². The number of rotatable bonds is 5. The second-order valence-electron chi connectivity index (χ2n) is 7.80. The summed E-state index contributed by atoms with van der Waals surface area (Å²) < 4.78 is 6.26. The number of methoxy groups -OCH3 is 1. The molecule has 2 bridgehead atoms. The molecule has 27 heavy (non-hydrogen) atoms. The zero-order valence-electron chi connectivity index (χ0n) is 15.8. The monoisotopic (exact) mass is 365 g/mol. The summed E-state index contributed by atoms with van der Waals surface area (Å²) in [7, 11) is 1.81. The zero-order chi connectivity index (χ0) is 18.9. The Morgan fingerprint density at radius 2 is 1.93 bits per heavy atom. The summed E-state index contributed by atoms with van der Waals surface area (Å²) in [5.41, 5.74) is 7.81. The van der Waals surface area contributed by atoms with E-state index in [0.29, 0.717) is 17.5 Å². The van der Waals surface area contributed by atoms with E-state index >= 15 is 0 Å². The molecule has 5 heteroatoms. The highest BCUT2D eigenvalue weighted by atomic mass is 16.5. The molecule has 0 radical (unpaired) electrons. The first-order valence-corrected chi connectivity index (χ1v) is 9.71. The van der Waals surface area contributed by atoms with Gasteiger partial charge in [0.1, 0.15) is 11.3 Å². The average molecular weight is 365 g/mol. The SMILES string of the molecule is COC1(c2ccnc(C(N)=O)c2)[C@@H]2CCC[C@H]1CN(Cc1ccccc1)C2. The molecule has 2 heterocycles. The molecule has 2 fully saturated rings. The van der Waals surface area contributed by atoms with Gasteiger partial charge in [0.05, 0.1) is 0 Å². The number of hydrogen-bond donors (Lipinski definition) is 1. The normalized spacial score (nSPS) is 28.0. The Morgan fingerprint density at radius 1 is 1.22 bits per heavy atom. The fraction of sp³-hybridized carbons (Fsp3) is 0.455. The zero-order valence-corrected chi connectivity index (χ0v) is 15.8. The first-order chi connectivity index (χ1) is 13.1. The van der Waals surface area contributed by atoms with Crippen LogP contribution in [-0.4, -0.2) is 36.0 Å². The Hall–Kier alpha value is -2.24. The fourth-order valence-electron chi connectivity index (χ4n) is 5.23. The van der Waals surface area contributed by atoms with Crippen LogP contribution in [0.3, 0.4) is 0 Å². The van der Waals surface area contributed by atoms with Crippen molar-refractivity contribution in [2.45, 2.75) is 31.4 Å². The van der Waals surface area contributed by atoms with Gasteiger partial charge in [-0.25, -0.2) is 0 Å². The van der Waals surface area contributed by atoms with Crippen LogP contribution in [0.4, 0.5) is 0 Å². The first kappa shape index (κ1) is 18.1. The minimum absolute atomic E-state index is 0.314. The maximum atomic E-state index is 11.6. The van der Waals surface area contributed by atoms with E-state index in [1.54, 1.807) is 6.20 Å². The van der Waals surface area contributed by atoms with Gasteiger partial charge in [0.2, 0.25) is 0 Å². The molecule has 5 nitrogen and oxygen atoms in total. The molecule has 2 aromatic rings. The second kappa shape index (κ2) is 7.41. The minimum Gasteiger partial charge on any atom is -0.373 e. The second-order valence-corrected chi connectivity index (χ2v) is 7.80. The van der Waals surface area contributed by atoms with Gasteiger partial charge in [-0.05, 0) is 36.1 Å². The van der Waals surface area contributed by atoms with Crippen molar-refractivity contribution < 1.29 is 9.53 Å². The van der Waals surface area contributed by atoms with Crippen molar-refractivity contribution in [1.82, 2.24) is 9.88 Å². The number of likely N-dealkylation sites (tertiary alicyclic amines) is 1. The average Bonchev–Trinajstić information content (AvgIpc) is 2.68. The molecule has 1 saturated heterocycles. The lowest BCUT2D eigenvalue weighted by atomic mass is 9.62. The molecular formula is C22H27N3O2. The van der Waals surface area contributed by atoms with Crippen LogP contribution < -0.4 is 5.73 Å². The number of fused-ring (bicyclic) bond motifs is 2. The Morgan fingerprint density at radius 3 is 2.56 bits per heavy atom. The standard InChI is InChI=1S/C22H27N3O2/c1-27-22(17-10-11-24-20(12-17)21(23)26)18-8-5-9-19(22)15-25(14-18)13-16-6-3-2-4-7-16/h2-4,6-7,10-12,18-19H,5,8-9,13-15H2,1H3,(H2,23,26)/t18-,19+,22?. The summed E-state index contributed by atoms with van der Waals surface area (Å²) in [4.78, 5) is 18.3. The van der Waals surface area contributed by atoms with E-state index in [1.165, 1.54) is 12.0 Å². The van der Waals surface area contributed by atoms with E-state index < -0.39 is 5.91 Å². The summed E-state index contributed by atoms with van der Waals surface area (Å²) >= 11 is 0. The van der Waals surface area contributed by atoms with Gasteiger partial charge >= 0.3 is 0 Å². The van der Waals surface area contributed by atoms with E-state index in [9.17, 15) is 4.79 Å². The van der Waals surface area contributed by atoms with Crippen LogP contribution in [0.25, 0.3) is 0 Å². The summed E-state index contributed by atoms with van der Waals surface area (Å²) in [6, 6.07) is 14.5. The molecule has 1 aliphatic heterocycles. The molecular weight excluding hydrogens is 338 g/mol. The maximum absolute atomic E-state index is 11.6. The molecule has 1 unspecified atom stereocenters. The number of amides is 1. The maximum Gasteiger partial charge on any atom is 0.267 e. The highest BCUT2D eigenvalue weighted by molar-refractivity contribution is 5.90. The molecule has 1 aliphatic carbocycles. The smallest absolute Gasteiger partial charge is 0.267 e. The van der Waals surface area contributed by atoms with Gasteiger partial charge in [0.25, 0.3) is 5.91 Å². The quantitative estimate of drug-likeness (QED) is 0.884. The Kier molecular flexibility index (Phi) is 4.98. The highest BCUT2D eigenvalue weighted by Crippen LogP contribution is 2.51. The summed E-state index contributed by atoms with van der Waals surface area (Å²) in [5.74, 6) is 0.290. The number of pyridine rings is 1. The van der Waals surface area contributed by atoms with Crippen LogP contribution in [0.15, 0.2) is 48.7 Å². The molecule has 1 amide bonds. The van der Waals surface area contributed by atoms with Crippen LogP contribution in [0.2, 0.25) is 0 Å².